The van der Waals surface area contributed by atoms with Gasteiger partial charge in [-0.2, -0.15) is 0 Å². The van der Waals surface area contributed by atoms with Crippen molar-refractivity contribution >= 4 is 34.9 Å². The number of hydrogen-bond donors (Lipinski definition) is 3. The minimum atomic E-state index is -0.440. The molecule has 0 atom stereocenters. The number of para-hydroxylation sites is 1. The zero-order valence-electron chi connectivity index (χ0n) is 20.5. The van der Waals surface area contributed by atoms with Crippen molar-refractivity contribution in [3.8, 4) is 0 Å². The molecular weight excluding hydrogens is 442 g/mol. The molecule has 1 aromatic heterocycles. The molecule has 0 radical (unpaired) electrons. The molecule has 2 amide bonds. The fraction of sp³-hybridized carbons (Fsp3) is 0.357. The Labute approximate surface area is 205 Å². The van der Waals surface area contributed by atoms with Gasteiger partial charge in [-0.05, 0) is 66.8 Å². The Morgan fingerprint density at radius 1 is 1.03 bits per heavy atom. The van der Waals surface area contributed by atoms with Crippen LogP contribution in [0.3, 0.4) is 0 Å². The largest absolute Gasteiger partial charge is 0.483 e. The van der Waals surface area contributed by atoms with Crippen LogP contribution in [0.5, 0.6) is 0 Å². The number of pyridine rings is 1. The molecule has 3 aromatic rings. The number of nitrogens with two attached hydrogens (primary N) is 1. The van der Waals surface area contributed by atoms with E-state index in [4.69, 9.17) is 15.6 Å². The first-order valence-electron chi connectivity index (χ1n) is 11.8. The van der Waals surface area contributed by atoms with E-state index in [1.807, 2.05) is 42.5 Å². The zero-order valence-corrected chi connectivity index (χ0v) is 20.5. The van der Waals surface area contributed by atoms with Crippen molar-refractivity contribution in [1.29, 1.82) is 0 Å². The Morgan fingerprint density at radius 2 is 1.63 bits per heavy atom. The third-order valence-corrected chi connectivity index (χ3v) is 7.22. The van der Waals surface area contributed by atoms with Gasteiger partial charge in [-0.3, -0.25) is 14.4 Å². The topological polar surface area (TPSA) is 122 Å². The van der Waals surface area contributed by atoms with E-state index >= 15 is 0 Å². The minimum Gasteiger partial charge on any atom is -0.483 e. The third-order valence-electron chi connectivity index (χ3n) is 7.22. The van der Waals surface area contributed by atoms with Crippen LogP contribution in [0.2, 0.25) is 0 Å². The highest BCUT2D eigenvalue weighted by Crippen LogP contribution is 2.52. The quantitative estimate of drug-likeness (QED) is 0.438. The van der Waals surface area contributed by atoms with Gasteiger partial charge in [0.05, 0.1) is 10.9 Å². The Hall–Kier alpha value is -3.74. The summed E-state index contributed by atoms with van der Waals surface area (Å²) in [7, 11) is 0. The molecule has 1 fully saturated rings. The van der Waals surface area contributed by atoms with Gasteiger partial charge < -0.3 is 16.2 Å². The van der Waals surface area contributed by atoms with Gasteiger partial charge in [0.25, 0.3) is 12.4 Å². The maximum atomic E-state index is 12.7. The number of anilines is 1. The minimum absolute atomic E-state index is 0.144. The monoisotopic (exact) mass is 475 g/mol. The molecule has 2 aromatic carbocycles. The number of nitrogens with one attached hydrogen (secondary N) is 1. The van der Waals surface area contributed by atoms with E-state index in [9.17, 15) is 9.59 Å². The van der Waals surface area contributed by atoms with E-state index in [1.54, 1.807) is 6.07 Å². The molecule has 4 rings (SSSR count). The summed E-state index contributed by atoms with van der Waals surface area (Å²) in [4.78, 5) is 37.8. The van der Waals surface area contributed by atoms with Crippen molar-refractivity contribution in [2.24, 2.45) is 16.6 Å². The number of carbonyl (C=O) groups excluding carboxylic acids is 2. The Morgan fingerprint density at radius 3 is 2.20 bits per heavy atom. The smallest absolute Gasteiger partial charge is 0.290 e. The van der Waals surface area contributed by atoms with Crippen LogP contribution in [0, 0.1) is 10.8 Å². The summed E-state index contributed by atoms with van der Waals surface area (Å²) >= 11 is 0. The second-order valence-corrected chi connectivity index (χ2v) is 10.0. The van der Waals surface area contributed by atoms with Crippen LogP contribution in [0.25, 0.3) is 10.9 Å². The number of primary amides is 1. The highest BCUT2D eigenvalue weighted by atomic mass is 16.3. The zero-order chi connectivity index (χ0) is 25.6. The summed E-state index contributed by atoms with van der Waals surface area (Å²) < 4.78 is 0. The van der Waals surface area contributed by atoms with Crippen molar-refractivity contribution in [2.75, 3.05) is 5.32 Å². The Balaban J connectivity index is 0.00000108. The van der Waals surface area contributed by atoms with E-state index in [-0.39, 0.29) is 23.7 Å². The highest BCUT2D eigenvalue weighted by Gasteiger charge is 2.49. The number of rotatable bonds is 4. The van der Waals surface area contributed by atoms with Crippen LogP contribution in [-0.2, 0) is 9.59 Å². The van der Waals surface area contributed by atoms with Crippen LogP contribution in [0.1, 0.15) is 68.4 Å². The molecule has 1 heterocycles. The maximum Gasteiger partial charge on any atom is 0.290 e. The summed E-state index contributed by atoms with van der Waals surface area (Å²) in [5.41, 5.74) is 8.42. The van der Waals surface area contributed by atoms with Gasteiger partial charge in [-0.15, -0.1) is 0 Å². The lowest BCUT2D eigenvalue weighted by Gasteiger charge is -2.47. The van der Waals surface area contributed by atoms with Crippen LogP contribution >= 0.6 is 0 Å². The number of fused-ring (bicyclic) bond motifs is 1. The van der Waals surface area contributed by atoms with Crippen molar-refractivity contribution in [2.45, 2.75) is 52.4 Å². The SMILES string of the molecule is CC(C)(C)C1(C(N)=O)CCC(c2ccc(NC(=O)c3ccc4ccccc4n3)cc2)CC1.O=CO. The summed E-state index contributed by atoms with van der Waals surface area (Å²) in [6.45, 7) is 6.08. The molecule has 1 aliphatic carbocycles. The van der Waals surface area contributed by atoms with Crippen molar-refractivity contribution in [1.82, 2.24) is 4.98 Å². The van der Waals surface area contributed by atoms with Gasteiger partial charge in [0.1, 0.15) is 5.69 Å². The molecule has 0 saturated heterocycles. The van der Waals surface area contributed by atoms with Gasteiger partial charge in [0.2, 0.25) is 5.91 Å². The third kappa shape index (κ3) is 5.67. The highest BCUT2D eigenvalue weighted by molar-refractivity contribution is 6.04. The van der Waals surface area contributed by atoms with Crippen LogP contribution < -0.4 is 11.1 Å². The first-order valence-corrected chi connectivity index (χ1v) is 11.8. The van der Waals surface area contributed by atoms with E-state index in [2.05, 4.69) is 43.2 Å². The predicted molar refractivity (Wildman–Crippen MR) is 137 cm³/mol. The number of carbonyl (C=O) groups is 3. The normalized spacial score (nSPS) is 19.8. The molecule has 0 bridgehead atoms. The number of amides is 2. The van der Waals surface area contributed by atoms with E-state index < -0.39 is 5.41 Å². The number of benzene rings is 2. The van der Waals surface area contributed by atoms with Crippen LogP contribution in [0.4, 0.5) is 5.69 Å². The summed E-state index contributed by atoms with van der Waals surface area (Å²) in [5.74, 6) is -0.00173. The molecule has 0 spiro atoms. The fourth-order valence-corrected chi connectivity index (χ4v) is 5.04. The molecule has 0 aliphatic heterocycles. The van der Waals surface area contributed by atoms with E-state index in [0.717, 1.165) is 42.3 Å². The molecule has 4 N–H and O–H groups in total. The first kappa shape index (κ1) is 25.9. The molecule has 7 nitrogen and oxygen atoms in total. The van der Waals surface area contributed by atoms with Gasteiger partial charge in [0.15, 0.2) is 0 Å². The lowest BCUT2D eigenvalue weighted by Crippen LogP contribution is -2.48. The summed E-state index contributed by atoms with van der Waals surface area (Å²) in [6.07, 6.45) is 3.49. The Bertz CT molecular complexity index is 1190. The lowest BCUT2D eigenvalue weighted by molar-refractivity contribution is -0.137. The molecule has 35 heavy (non-hydrogen) atoms. The molecule has 1 aliphatic rings. The Kier molecular flexibility index (Phi) is 7.89. The lowest BCUT2D eigenvalue weighted by atomic mass is 9.57. The molecular formula is C28H33N3O4. The average Bonchev–Trinajstić information content (AvgIpc) is 2.84. The van der Waals surface area contributed by atoms with Crippen molar-refractivity contribution in [3.05, 3.63) is 71.9 Å². The van der Waals surface area contributed by atoms with Gasteiger partial charge >= 0.3 is 0 Å². The van der Waals surface area contributed by atoms with Crippen molar-refractivity contribution < 1.29 is 19.5 Å². The van der Waals surface area contributed by atoms with E-state index in [0.29, 0.717) is 11.6 Å². The standard InChI is InChI=1S/C27H31N3O2.CH2O2/c1-26(2,3)27(25(28)32)16-14-19(15-17-27)18-8-11-21(12-9-18)29-24(31)23-13-10-20-6-4-5-7-22(20)30-23;2-1-3/h4-13,19H,14-17H2,1-3H3,(H2,28,32)(H,29,31);1H,(H,2,3). The number of carboxylic acid groups (broad SMARTS) is 1. The van der Waals surface area contributed by atoms with E-state index in [1.165, 1.54) is 5.56 Å². The number of aromatic nitrogens is 1. The first-order chi connectivity index (χ1) is 16.6. The summed E-state index contributed by atoms with van der Waals surface area (Å²) in [6, 6.07) is 19.4. The van der Waals surface area contributed by atoms with Gasteiger partial charge in [-0.1, -0.05) is 57.2 Å². The molecule has 0 unspecified atom stereocenters. The van der Waals surface area contributed by atoms with Crippen LogP contribution in [-0.4, -0.2) is 28.4 Å². The fourth-order valence-electron chi connectivity index (χ4n) is 5.04. The molecule has 184 valence electrons. The predicted octanol–water partition coefficient (Wildman–Crippen LogP) is 5.36. The van der Waals surface area contributed by atoms with Crippen LogP contribution in [0.15, 0.2) is 60.7 Å². The molecule has 7 heteroatoms. The second kappa shape index (κ2) is 10.7. The average molecular weight is 476 g/mol. The van der Waals surface area contributed by atoms with Gasteiger partial charge in [0, 0.05) is 11.1 Å². The second-order valence-electron chi connectivity index (χ2n) is 10.0. The number of hydrogen-bond acceptors (Lipinski definition) is 4. The maximum absolute atomic E-state index is 12.7. The van der Waals surface area contributed by atoms with Crippen molar-refractivity contribution in [3.63, 3.8) is 0 Å². The number of nitrogens with zero attached hydrogens (tertiary/aromatic N) is 1. The van der Waals surface area contributed by atoms with Gasteiger partial charge in [-0.25, -0.2) is 4.98 Å². The summed E-state index contributed by atoms with van der Waals surface area (Å²) in [5, 5.41) is 10.8. The molecule has 1 saturated carbocycles.